The van der Waals surface area contributed by atoms with Crippen molar-refractivity contribution in [3.8, 4) is 12.1 Å². The van der Waals surface area contributed by atoms with E-state index in [9.17, 15) is 10.1 Å². The monoisotopic (exact) mass is 663 g/mol. The number of nitrogens with zero attached hydrogens (tertiary/aromatic N) is 6. The van der Waals surface area contributed by atoms with Crippen LogP contribution in [0.5, 0.6) is 6.01 Å². The number of carbonyl (C=O) groups excluding carboxylic acids is 1. The van der Waals surface area contributed by atoms with Gasteiger partial charge in [-0.05, 0) is 72.0 Å². The quantitative estimate of drug-likeness (QED) is 0.299. The lowest BCUT2D eigenvalue weighted by atomic mass is 10.0. The van der Waals surface area contributed by atoms with Crippen molar-refractivity contribution in [2.75, 3.05) is 49.1 Å². The lowest BCUT2D eigenvalue weighted by Gasteiger charge is -2.42. The molecule has 9 nitrogen and oxygen atoms in total. The fourth-order valence-electron chi connectivity index (χ4n) is 6.27. The van der Waals surface area contributed by atoms with Crippen LogP contribution in [0.4, 0.5) is 11.5 Å². The molecule has 0 saturated carbocycles. The van der Waals surface area contributed by atoms with Gasteiger partial charge in [0.15, 0.2) is 0 Å². The number of hydrogen-bond acceptors (Lipinski definition) is 8. The Morgan fingerprint density at radius 1 is 1.20 bits per heavy atom. The SMILES string of the molecule is C=CC(=O)N1CCN(c2nc(OC[C@@H]3CCCN3)nc3c2CCN(c2cccc4cccc(I)c24)C3)CC1CC#N. The highest BCUT2D eigenvalue weighted by Crippen LogP contribution is 2.36. The van der Waals surface area contributed by atoms with Gasteiger partial charge < -0.3 is 24.8 Å². The highest BCUT2D eigenvalue weighted by molar-refractivity contribution is 14.1. The van der Waals surface area contributed by atoms with E-state index in [1.165, 1.54) is 26.1 Å². The van der Waals surface area contributed by atoms with Crippen LogP contribution in [0.3, 0.4) is 0 Å². The number of carbonyl (C=O) groups is 1. The predicted molar refractivity (Wildman–Crippen MR) is 168 cm³/mol. The zero-order valence-electron chi connectivity index (χ0n) is 23.1. The summed E-state index contributed by atoms with van der Waals surface area (Å²) in [6.45, 7) is 8.36. The van der Waals surface area contributed by atoms with Crippen molar-refractivity contribution in [1.82, 2.24) is 20.2 Å². The van der Waals surface area contributed by atoms with Gasteiger partial charge >= 0.3 is 6.01 Å². The Bertz CT molecular complexity index is 1490. The smallest absolute Gasteiger partial charge is 0.318 e. The van der Waals surface area contributed by atoms with Crippen molar-refractivity contribution in [3.05, 3.63) is 63.9 Å². The van der Waals surface area contributed by atoms with E-state index in [0.717, 1.165) is 49.4 Å². The first-order valence-electron chi connectivity index (χ1n) is 14.3. The zero-order chi connectivity index (χ0) is 28.3. The molecule has 1 aromatic heterocycles. The molecular formula is C31H34IN7O2. The molecule has 4 heterocycles. The normalized spacial score (nSPS) is 20.5. The van der Waals surface area contributed by atoms with Crippen LogP contribution in [0.15, 0.2) is 49.1 Å². The molecule has 1 unspecified atom stereocenters. The Balaban J connectivity index is 1.34. The Morgan fingerprint density at radius 3 is 2.83 bits per heavy atom. The average Bonchev–Trinajstić information content (AvgIpc) is 3.53. The summed E-state index contributed by atoms with van der Waals surface area (Å²) in [7, 11) is 0. The van der Waals surface area contributed by atoms with E-state index in [1.54, 1.807) is 4.90 Å². The Kier molecular flexibility index (Phi) is 8.25. The molecule has 2 saturated heterocycles. The number of fused-ring (bicyclic) bond motifs is 2. The first kappa shape index (κ1) is 27.7. The molecule has 0 bridgehead atoms. The van der Waals surface area contributed by atoms with Crippen LogP contribution in [0.1, 0.15) is 30.5 Å². The van der Waals surface area contributed by atoms with E-state index >= 15 is 0 Å². The summed E-state index contributed by atoms with van der Waals surface area (Å²) in [5.74, 6) is 0.730. The van der Waals surface area contributed by atoms with Gasteiger partial charge in [-0.1, -0.05) is 30.8 Å². The van der Waals surface area contributed by atoms with Gasteiger partial charge in [0.05, 0.1) is 30.8 Å². The molecule has 0 spiro atoms. The van der Waals surface area contributed by atoms with Gasteiger partial charge in [0.2, 0.25) is 5.91 Å². The molecule has 10 heteroatoms. The van der Waals surface area contributed by atoms with E-state index in [0.29, 0.717) is 44.8 Å². The zero-order valence-corrected chi connectivity index (χ0v) is 25.2. The highest BCUT2D eigenvalue weighted by Gasteiger charge is 2.33. The second kappa shape index (κ2) is 12.2. The van der Waals surface area contributed by atoms with E-state index in [1.807, 2.05) is 0 Å². The van der Waals surface area contributed by atoms with Crippen molar-refractivity contribution in [2.24, 2.45) is 0 Å². The number of anilines is 2. The molecule has 0 radical (unpaired) electrons. The minimum Gasteiger partial charge on any atom is -0.462 e. The first-order chi connectivity index (χ1) is 20.1. The number of halogens is 1. The van der Waals surface area contributed by atoms with E-state index in [-0.39, 0.29) is 18.4 Å². The average molecular weight is 664 g/mol. The molecular weight excluding hydrogens is 629 g/mol. The Morgan fingerprint density at radius 2 is 2.05 bits per heavy atom. The molecule has 41 heavy (non-hydrogen) atoms. The van der Waals surface area contributed by atoms with Gasteiger partial charge in [0.1, 0.15) is 12.4 Å². The van der Waals surface area contributed by atoms with E-state index < -0.39 is 0 Å². The molecule has 212 valence electrons. The van der Waals surface area contributed by atoms with Crippen LogP contribution in [0, 0.1) is 14.9 Å². The van der Waals surface area contributed by atoms with Gasteiger partial charge in [-0.3, -0.25) is 4.79 Å². The molecule has 1 amide bonds. The van der Waals surface area contributed by atoms with Crippen molar-refractivity contribution in [1.29, 1.82) is 5.26 Å². The topological polar surface area (TPSA) is 97.6 Å². The highest BCUT2D eigenvalue weighted by atomic mass is 127. The van der Waals surface area contributed by atoms with Crippen molar-refractivity contribution in [3.63, 3.8) is 0 Å². The van der Waals surface area contributed by atoms with Gasteiger partial charge in [-0.2, -0.15) is 15.2 Å². The summed E-state index contributed by atoms with van der Waals surface area (Å²) >= 11 is 2.42. The summed E-state index contributed by atoms with van der Waals surface area (Å²) in [6, 6.07) is 15.6. The lowest BCUT2D eigenvalue weighted by molar-refractivity contribution is -0.128. The lowest BCUT2D eigenvalue weighted by Crippen LogP contribution is -2.55. The van der Waals surface area contributed by atoms with Crippen LogP contribution in [-0.2, 0) is 17.8 Å². The number of ether oxygens (including phenoxy) is 1. The number of benzene rings is 2. The van der Waals surface area contributed by atoms with Crippen LogP contribution < -0.4 is 19.9 Å². The molecule has 0 aliphatic carbocycles. The number of aromatic nitrogens is 2. The number of hydrogen-bond donors (Lipinski definition) is 1. The predicted octanol–water partition coefficient (Wildman–Crippen LogP) is 4.04. The minimum absolute atomic E-state index is 0.136. The number of rotatable bonds is 7. The summed E-state index contributed by atoms with van der Waals surface area (Å²) in [5.41, 5.74) is 3.31. The second-order valence-electron chi connectivity index (χ2n) is 10.8. The van der Waals surface area contributed by atoms with E-state index in [4.69, 9.17) is 14.7 Å². The fourth-order valence-corrected chi connectivity index (χ4v) is 7.06. The molecule has 2 fully saturated rings. The fraction of sp³-hybridized carbons (Fsp3) is 0.419. The molecule has 3 aliphatic heterocycles. The van der Waals surface area contributed by atoms with Crippen LogP contribution >= 0.6 is 22.6 Å². The van der Waals surface area contributed by atoms with Crippen LogP contribution in [0.2, 0.25) is 0 Å². The summed E-state index contributed by atoms with van der Waals surface area (Å²) < 4.78 is 7.44. The molecule has 6 rings (SSSR count). The summed E-state index contributed by atoms with van der Waals surface area (Å²) in [4.78, 5) is 28.8. The van der Waals surface area contributed by atoms with Gasteiger partial charge in [-0.15, -0.1) is 0 Å². The summed E-state index contributed by atoms with van der Waals surface area (Å²) in [6.07, 6.45) is 4.62. The molecule has 2 aromatic carbocycles. The van der Waals surface area contributed by atoms with Crippen LogP contribution in [-0.4, -0.2) is 72.2 Å². The third-order valence-corrected chi connectivity index (χ3v) is 9.24. The molecule has 3 aromatic rings. The minimum atomic E-state index is -0.227. The number of nitrogens with one attached hydrogen (secondary N) is 1. The van der Waals surface area contributed by atoms with Crippen LogP contribution in [0.25, 0.3) is 10.8 Å². The molecule has 3 aliphatic rings. The van der Waals surface area contributed by atoms with Gasteiger partial charge in [0.25, 0.3) is 0 Å². The number of amides is 1. The van der Waals surface area contributed by atoms with E-state index in [2.05, 4.69) is 86.8 Å². The Labute approximate surface area is 254 Å². The van der Waals surface area contributed by atoms with Crippen molar-refractivity contribution >= 4 is 50.8 Å². The Hall–Kier alpha value is -3.43. The van der Waals surface area contributed by atoms with Gasteiger partial charge in [0, 0.05) is 52.4 Å². The second-order valence-corrected chi connectivity index (χ2v) is 12.0. The standard InChI is InChI=1S/C31H34IN7O2/c1-2-28(40)39-17-16-38(18-23(39)11-13-33)30-24-12-15-37(27-10-4-7-21-6-3-9-25(32)29(21)27)19-26(24)35-31(36-30)41-20-22-8-5-14-34-22/h2-4,6-7,9-10,22-23,34H,1,5,8,11-12,14-20H2/t22-,23?/m0/s1. The molecule has 1 N–H and O–H groups in total. The maximum Gasteiger partial charge on any atom is 0.318 e. The van der Waals surface area contributed by atoms with Gasteiger partial charge in [-0.25, -0.2) is 0 Å². The summed E-state index contributed by atoms with van der Waals surface area (Å²) in [5, 5.41) is 15.5. The third-order valence-electron chi connectivity index (χ3n) is 8.34. The maximum absolute atomic E-state index is 12.5. The third kappa shape index (κ3) is 5.70. The first-order valence-corrected chi connectivity index (χ1v) is 15.4. The van der Waals surface area contributed by atoms with Crippen molar-refractivity contribution in [2.45, 2.75) is 44.3 Å². The number of nitriles is 1. The number of piperazine rings is 1. The largest absolute Gasteiger partial charge is 0.462 e. The maximum atomic E-state index is 12.5. The van der Waals surface area contributed by atoms with Crippen molar-refractivity contribution < 1.29 is 9.53 Å². The molecule has 2 atom stereocenters.